The Labute approximate surface area is 284 Å². The lowest BCUT2D eigenvalue weighted by molar-refractivity contribution is -0.109. The van der Waals surface area contributed by atoms with E-state index in [4.69, 9.17) is 4.99 Å². The highest BCUT2D eigenvalue weighted by atomic mass is 16.1. The number of unbranched alkanes of at least 4 members (excludes halogenated alkanes) is 1. The van der Waals surface area contributed by atoms with E-state index in [2.05, 4.69) is 119 Å². The van der Waals surface area contributed by atoms with Crippen LogP contribution in [0.2, 0.25) is 0 Å². The van der Waals surface area contributed by atoms with Crippen LogP contribution in [0.15, 0.2) is 89.6 Å². The maximum absolute atomic E-state index is 11.1. The molecule has 1 fully saturated rings. The van der Waals surface area contributed by atoms with Crippen molar-refractivity contribution in [3.8, 4) is 0 Å². The number of aliphatic imine (C=N–C) groups is 1. The standard InChI is InChI=1S/C40H58N6O/c1-6-8-11-34(7-2)22-24-46(25-23-42-31-47)40(41-5)37-12-9-10-13-38(37)43-30-44-26-28-45(29-27-44)39(35-18-14-32(3)15-19-35)36-20-16-33(4)17-21-36/h7,12-21,31,34,39,43H,2,6,8-11,22-30H2,1,3-5H3,(H,42,47). The summed E-state index contributed by atoms with van der Waals surface area (Å²) in [6.45, 7) is 17.7. The summed E-state index contributed by atoms with van der Waals surface area (Å²) in [5.74, 6) is 1.48. The number of amides is 1. The summed E-state index contributed by atoms with van der Waals surface area (Å²) in [7, 11) is 1.89. The molecule has 1 aliphatic carbocycles. The van der Waals surface area contributed by atoms with Gasteiger partial charge in [0.05, 0.1) is 12.7 Å². The minimum absolute atomic E-state index is 0.257. The second-order valence-electron chi connectivity index (χ2n) is 13.1. The van der Waals surface area contributed by atoms with E-state index >= 15 is 0 Å². The average Bonchev–Trinajstić information content (AvgIpc) is 3.10. The van der Waals surface area contributed by atoms with Crippen LogP contribution in [0.25, 0.3) is 0 Å². The molecular weight excluding hydrogens is 580 g/mol. The lowest BCUT2D eigenvalue weighted by atomic mass is 9.95. The molecule has 1 heterocycles. The molecule has 254 valence electrons. The molecule has 7 nitrogen and oxygen atoms in total. The Morgan fingerprint density at radius 3 is 2.15 bits per heavy atom. The lowest BCUT2D eigenvalue weighted by Gasteiger charge is -2.40. The van der Waals surface area contributed by atoms with E-state index in [1.807, 2.05) is 7.05 Å². The van der Waals surface area contributed by atoms with Gasteiger partial charge in [-0.1, -0.05) is 97.7 Å². The molecule has 0 bridgehead atoms. The summed E-state index contributed by atoms with van der Waals surface area (Å²) in [6, 6.07) is 18.4. The number of allylic oxidation sites excluding steroid dienone is 3. The Bertz CT molecular complexity index is 1290. The van der Waals surface area contributed by atoms with E-state index in [1.54, 1.807) is 0 Å². The number of nitrogens with one attached hydrogen (secondary N) is 2. The van der Waals surface area contributed by atoms with Crippen molar-refractivity contribution in [2.75, 3.05) is 59.5 Å². The van der Waals surface area contributed by atoms with Crippen molar-refractivity contribution in [2.45, 2.75) is 65.3 Å². The fourth-order valence-corrected chi connectivity index (χ4v) is 6.72. The lowest BCUT2D eigenvalue weighted by Crippen LogP contribution is -2.50. The molecule has 1 unspecified atom stereocenters. The van der Waals surface area contributed by atoms with Gasteiger partial charge in [0.25, 0.3) is 0 Å². The van der Waals surface area contributed by atoms with Gasteiger partial charge in [0.2, 0.25) is 6.41 Å². The Kier molecular flexibility index (Phi) is 14.8. The van der Waals surface area contributed by atoms with Crippen LogP contribution in [0.1, 0.15) is 73.7 Å². The average molecular weight is 639 g/mol. The van der Waals surface area contributed by atoms with Gasteiger partial charge in [0.15, 0.2) is 0 Å². The third kappa shape index (κ3) is 10.7. The third-order valence-corrected chi connectivity index (χ3v) is 9.60. The fourth-order valence-electron chi connectivity index (χ4n) is 6.72. The second-order valence-corrected chi connectivity index (χ2v) is 13.1. The maximum atomic E-state index is 11.1. The number of amidine groups is 1. The van der Waals surface area contributed by atoms with Gasteiger partial charge in [-0.2, -0.15) is 0 Å². The Morgan fingerprint density at radius 1 is 0.936 bits per heavy atom. The minimum Gasteiger partial charge on any atom is -0.372 e. The van der Waals surface area contributed by atoms with Crippen molar-refractivity contribution in [1.29, 1.82) is 0 Å². The van der Waals surface area contributed by atoms with Crippen molar-refractivity contribution in [1.82, 2.24) is 25.3 Å². The number of piperazine rings is 1. The van der Waals surface area contributed by atoms with Crippen LogP contribution in [0, 0.1) is 19.8 Å². The molecule has 7 heteroatoms. The van der Waals surface area contributed by atoms with Crippen molar-refractivity contribution in [3.63, 3.8) is 0 Å². The molecule has 1 amide bonds. The zero-order chi connectivity index (χ0) is 33.4. The molecule has 2 aromatic carbocycles. The van der Waals surface area contributed by atoms with Gasteiger partial charge in [-0.25, -0.2) is 0 Å². The zero-order valence-electron chi connectivity index (χ0n) is 29.4. The molecule has 1 aliphatic heterocycles. The highest BCUT2D eigenvalue weighted by molar-refractivity contribution is 6.02. The van der Waals surface area contributed by atoms with Crippen molar-refractivity contribution in [3.05, 3.63) is 107 Å². The van der Waals surface area contributed by atoms with Crippen LogP contribution in [0.4, 0.5) is 0 Å². The van der Waals surface area contributed by atoms with E-state index in [0.29, 0.717) is 12.5 Å². The fraction of sp³-hybridized carbons (Fsp3) is 0.500. The number of benzene rings is 2. The van der Waals surface area contributed by atoms with E-state index in [9.17, 15) is 4.79 Å². The molecule has 1 atom stereocenters. The number of aryl methyl sites for hydroxylation is 2. The summed E-state index contributed by atoms with van der Waals surface area (Å²) in [5, 5.41) is 6.66. The topological polar surface area (TPSA) is 63.2 Å². The maximum Gasteiger partial charge on any atom is 0.207 e. The van der Waals surface area contributed by atoms with Crippen LogP contribution in [-0.4, -0.2) is 86.5 Å². The minimum atomic E-state index is 0.257. The van der Waals surface area contributed by atoms with Gasteiger partial charge in [-0.3, -0.25) is 19.6 Å². The number of carbonyl (C=O) groups is 1. The Balaban J connectivity index is 1.39. The summed E-state index contributed by atoms with van der Waals surface area (Å²) in [6.07, 6.45) is 14.2. The predicted octanol–water partition coefficient (Wildman–Crippen LogP) is 6.62. The van der Waals surface area contributed by atoms with E-state index in [0.717, 1.165) is 83.1 Å². The van der Waals surface area contributed by atoms with Crippen LogP contribution in [0.5, 0.6) is 0 Å². The summed E-state index contributed by atoms with van der Waals surface area (Å²) in [5.41, 5.74) is 7.64. The molecule has 0 radical (unpaired) electrons. The normalized spacial score (nSPS) is 16.7. The smallest absolute Gasteiger partial charge is 0.207 e. The molecule has 0 spiro atoms. The van der Waals surface area contributed by atoms with Gasteiger partial charge >= 0.3 is 0 Å². The van der Waals surface area contributed by atoms with Crippen molar-refractivity contribution < 1.29 is 4.79 Å². The van der Waals surface area contributed by atoms with E-state index in [1.165, 1.54) is 47.1 Å². The van der Waals surface area contributed by atoms with Gasteiger partial charge in [0.1, 0.15) is 5.84 Å². The van der Waals surface area contributed by atoms with Gasteiger partial charge in [-0.05, 0) is 56.6 Å². The van der Waals surface area contributed by atoms with Crippen LogP contribution >= 0.6 is 0 Å². The monoisotopic (exact) mass is 638 g/mol. The van der Waals surface area contributed by atoms with E-state index in [-0.39, 0.29) is 6.04 Å². The molecule has 0 aromatic heterocycles. The molecule has 1 saturated heterocycles. The highest BCUT2D eigenvalue weighted by Crippen LogP contribution is 2.30. The number of rotatable bonds is 18. The first kappa shape index (κ1) is 36.2. The molecule has 4 rings (SSSR count). The number of carbonyl (C=O) groups excluding carboxylic acids is 1. The second kappa shape index (κ2) is 19.2. The van der Waals surface area contributed by atoms with Crippen LogP contribution in [-0.2, 0) is 4.79 Å². The molecule has 47 heavy (non-hydrogen) atoms. The zero-order valence-corrected chi connectivity index (χ0v) is 29.4. The van der Waals surface area contributed by atoms with Gasteiger partial charge < -0.3 is 15.5 Å². The molecule has 2 aliphatic rings. The quantitative estimate of drug-likeness (QED) is 0.0632. The molecular formula is C40H58N6O. The van der Waals surface area contributed by atoms with Crippen LogP contribution < -0.4 is 10.6 Å². The summed E-state index contributed by atoms with van der Waals surface area (Å²) < 4.78 is 0. The first-order valence-corrected chi connectivity index (χ1v) is 17.7. The highest BCUT2D eigenvalue weighted by Gasteiger charge is 2.27. The van der Waals surface area contributed by atoms with Crippen molar-refractivity contribution in [2.24, 2.45) is 10.9 Å². The predicted molar refractivity (Wildman–Crippen MR) is 198 cm³/mol. The largest absolute Gasteiger partial charge is 0.372 e. The first-order chi connectivity index (χ1) is 23.0. The van der Waals surface area contributed by atoms with Crippen LogP contribution in [0.3, 0.4) is 0 Å². The third-order valence-electron chi connectivity index (χ3n) is 9.60. The molecule has 2 aromatic rings. The first-order valence-electron chi connectivity index (χ1n) is 17.7. The molecule has 0 saturated carbocycles. The Hall–Kier alpha value is -3.68. The van der Waals surface area contributed by atoms with Gasteiger partial charge in [0, 0.05) is 64.1 Å². The summed E-state index contributed by atoms with van der Waals surface area (Å²) >= 11 is 0. The SMILES string of the molecule is C=CC(CCCC)CCN(CCNC=O)C(=NC)C1=CCCC=C1NCN1CCN(C(c2ccc(C)cc2)c2ccc(C)cc2)CC1. The van der Waals surface area contributed by atoms with E-state index < -0.39 is 0 Å². The van der Waals surface area contributed by atoms with Gasteiger partial charge in [-0.15, -0.1) is 6.58 Å². The molecule has 2 N–H and O–H groups in total. The van der Waals surface area contributed by atoms with Crippen molar-refractivity contribution >= 4 is 12.2 Å². The summed E-state index contributed by atoms with van der Waals surface area (Å²) in [4.78, 5) is 23.4. The Morgan fingerprint density at radius 2 is 1.57 bits per heavy atom. The number of hydrogen-bond donors (Lipinski definition) is 2. The number of nitrogens with zero attached hydrogens (tertiary/aromatic N) is 4. The number of hydrogen-bond acceptors (Lipinski definition) is 5.